The first-order chi connectivity index (χ1) is 14.1. The highest BCUT2D eigenvalue weighted by Gasteiger charge is 2.32. The smallest absolute Gasteiger partial charge is 0.252 e. The van der Waals surface area contributed by atoms with Crippen molar-refractivity contribution < 1.29 is 26.8 Å². The summed E-state index contributed by atoms with van der Waals surface area (Å²) in [6.07, 6.45) is 1.18. The van der Waals surface area contributed by atoms with Crippen LogP contribution < -0.4 is 10.0 Å². The number of nitrogens with zero attached hydrogens (tertiary/aromatic N) is 1. The number of anilines is 1. The molecule has 3 aromatic rings. The second-order valence-electron chi connectivity index (χ2n) is 7.12. The number of epoxide rings is 1. The Morgan fingerprint density at radius 1 is 1.30 bits per heavy atom. The molecule has 7 nitrogen and oxygen atoms in total. The summed E-state index contributed by atoms with van der Waals surface area (Å²) in [5.41, 5.74) is 7.24. The Morgan fingerprint density at radius 2 is 1.97 bits per heavy atom. The Labute approximate surface area is 180 Å². The average Bonchev–Trinajstić information content (AvgIpc) is 3.41. The number of sulfonamides is 1. The zero-order valence-electron chi connectivity index (χ0n) is 15.9. The van der Waals surface area contributed by atoms with Gasteiger partial charge in [0, 0.05) is 22.3 Å². The Bertz CT molecular complexity index is 1240. The molecule has 2 heterocycles. The van der Waals surface area contributed by atoms with Gasteiger partial charge in [0.15, 0.2) is 0 Å². The summed E-state index contributed by atoms with van der Waals surface area (Å²) < 4.78 is 50.7. The number of carbonyl (C=O) groups is 1. The molecule has 158 valence electrons. The lowest BCUT2D eigenvalue weighted by molar-refractivity contribution is 0.1000. The molecule has 0 aliphatic carbocycles. The van der Waals surface area contributed by atoms with Gasteiger partial charge >= 0.3 is 0 Å². The molecule has 1 aliphatic heterocycles. The molecule has 0 bridgehead atoms. The number of nitrogens with two attached hydrogens (primary N) is 1. The van der Waals surface area contributed by atoms with Gasteiger partial charge in [-0.05, 0) is 39.7 Å². The zero-order valence-corrected chi connectivity index (χ0v) is 18.3. The fourth-order valence-electron chi connectivity index (χ4n) is 3.30. The minimum atomic E-state index is -3.58. The predicted molar refractivity (Wildman–Crippen MR) is 114 cm³/mol. The lowest BCUT2D eigenvalue weighted by Crippen LogP contribution is -2.33. The van der Waals surface area contributed by atoms with E-state index in [-0.39, 0.29) is 30.5 Å². The third-order valence-corrected chi connectivity index (χ3v) is 6.58. The molecule has 1 unspecified atom stereocenters. The van der Waals surface area contributed by atoms with Crippen molar-refractivity contribution in [2.75, 3.05) is 23.7 Å². The number of fused-ring (bicyclic) bond motifs is 1. The summed E-state index contributed by atoms with van der Waals surface area (Å²) in [5.74, 6) is -0.714. The molecular weight excluding hydrogens is 479 g/mol. The van der Waals surface area contributed by atoms with Crippen molar-refractivity contribution in [2.24, 2.45) is 5.73 Å². The van der Waals surface area contributed by atoms with Crippen LogP contribution in [0.5, 0.6) is 0 Å². The van der Waals surface area contributed by atoms with Crippen molar-refractivity contribution >= 4 is 48.5 Å². The van der Waals surface area contributed by atoms with Crippen LogP contribution in [-0.2, 0) is 21.2 Å². The molecule has 0 radical (unpaired) electrons. The Morgan fingerprint density at radius 3 is 2.53 bits per heavy atom. The van der Waals surface area contributed by atoms with Crippen LogP contribution in [0.1, 0.15) is 21.7 Å². The topological polar surface area (TPSA) is 106 Å². The molecular formula is C20H18BrFN2O5S. The van der Waals surface area contributed by atoms with E-state index in [1.165, 1.54) is 16.4 Å². The van der Waals surface area contributed by atoms with Crippen LogP contribution in [0, 0.1) is 5.82 Å². The molecule has 1 amide bonds. The number of benzene rings is 2. The van der Waals surface area contributed by atoms with Crippen molar-refractivity contribution in [2.45, 2.75) is 12.5 Å². The van der Waals surface area contributed by atoms with E-state index in [0.29, 0.717) is 33.5 Å². The monoisotopic (exact) mass is 496 g/mol. The standard InChI is InChI=1S/C20H18BrFN2O5S/c1-30(26,27)24(9-13-10-28-13)16-8-17-14(7-15(16)21)19(20(23)25)18(29-17)6-11-2-4-12(22)5-3-11/h2-5,7-8,13H,6,9-10H2,1H3,(H2,23,25). The molecule has 0 saturated carbocycles. The first-order valence-corrected chi connectivity index (χ1v) is 11.7. The lowest BCUT2D eigenvalue weighted by Gasteiger charge is -2.22. The van der Waals surface area contributed by atoms with Crippen LogP contribution in [0.25, 0.3) is 11.0 Å². The highest BCUT2D eigenvalue weighted by Crippen LogP contribution is 2.37. The molecule has 30 heavy (non-hydrogen) atoms. The summed E-state index contributed by atoms with van der Waals surface area (Å²) in [6, 6.07) is 9.00. The number of hydrogen-bond acceptors (Lipinski definition) is 5. The van der Waals surface area contributed by atoms with Gasteiger partial charge in [-0.3, -0.25) is 9.10 Å². The number of hydrogen-bond donors (Lipinski definition) is 1. The highest BCUT2D eigenvalue weighted by molar-refractivity contribution is 9.10. The Balaban J connectivity index is 1.82. The van der Waals surface area contributed by atoms with Crippen LogP contribution in [0.4, 0.5) is 10.1 Å². The van der Waals surface area contributed by atoms with Crippen molar-refractivity contribution in [1.82, 2.24) is 0 Å². The zero-order chi connectivity index (χ0) is 21.6. The van der Waals surface area contributed by atoms with Gasteiger partial charge in [-0.25, -0.2) is 12.8 Å². The van der Waals surface area contributed by atoms with Crippen molar-refractivity contribution in [3.05, 3.63) is 63.6 Å². The number of ether oxygens (including phenoxy) is 1. The summed E-state index contributed by atoms with van der Waals surface area (Å²) in [7, 11) is -3.58. The molecule has 1 saturated heterocycles. The van der Waals surface area contributed by atoms with Crippen LogP contribution >= 0.6 is 15.9 Å². The molecule has 4 rings (SSSR count). The number of amides is 1. The number of rotatable bonds is 7. The first kappa shape index (κ1) is 20.8. The third kappa shape index (κ3) is 4.21. The maximum Gasteiger partial charge on any atom is 0.252 e. The van der Waals surface area contributed by atoms with Crippen molar-refractivity contribution in [3.63, 3.8) is 0 Å². The van der Waals surface area contributed by atoms with E-state index < -0.39 is 15.9 Å². The minimum Gasteiger partial charge on any atom is -0.460 e. The second kappa shape index (κ2) is 7.68. The summed E-state index contributed by atoms with van der Waals surface area (Å²) in [4.78, 5) is 12.1. The number of primary amides is 1. The maximum atomic E-state index is 13.2. The summed E-state index contributed by atoms with van der Waals surface area (Å²) in [6.45, 7) is 0.676. The summed E-state index contributed by atoms with van der Waals surface area (Å²) >= 11 is 3.41. The lowest BCUT2D eigenvalue weighted by atomic mass is 10.0. The first-order valence-electron chi connectivity index (χ1n) is 9.02. The molecule has 1 atom stereocenters. The fourth-order valence-corrected chi connectivity index (χ4v) is 4.92. The number of halogens is 2. The summed E-state index contributed by atoms with van der Waals surface area (Å²) in [5, 5.41) is 0.464. The van der Waals surface area contributed by atoms with Crippen molar-refractivity contribution in [3.8, 4) is 0 Å². The molecule has 1 fully saturated rings. The van der Waals surface area contributed by atoms with Gasteiger partial charge < -0.3 is 14.9 Å². The average molecular weight is 497 g/mol. The Kier molecular flexibility index (Phi) is 5.33. The van der Waals surface area contributed by atoms with Crippen LogP contribution in [-0.4, -0.2) is 39.8 Å². The largest absolute Gasteiger partial charge is 0.460 e. The van der Waals surface area contributed by atoms with Gasteiger partial charge in [-0.2, -0.15) is 0 Å². The van der Waals surface area contributed by atoms with Gasteiger partial charge in [0.2, 0.25) is 10.0 Å². The van der Waals surface area contributed by atoms with Gasteiger partial charge in [-0.15, -0.1) is 0 Å². The number of carbonyl (C=O) groups excluding carboxylic acids is 1. The molecule has 2 aromatic carbocycles. The SMILES string of the molecule is CS(=O)(=O)N(CC1CO1)c1cc2oc(Cc3ccc(F)cc3)c(C(N)=O)c2cc1Br. The highest BCUT2D eigenvalue weighted by atomic mass is 79.9. The predicted octanol–water partition coefficient (Wildman–Crippen LogP) is 3.19. The number of furan rings is 1. The van der Waals surface area contributed by atoms with E-state index in [4.69, 9.17) is 14.9 Å². The van der Waals surface area contributed by atoms with Crippen LogP contribution in [0.3, 0.4) is 0 Å². The second-order valence-corrected chi connectivity index (χ2v) is 9.88. The van der Waals surface area contributed by atoms with E-state index in [1.54, 1.807) is 24.3 Å². The molecule has 1 aromatic heterocycles. The Hall–Kier alpha value is -2.43. The van der Waals surface area contributed by atoms with Crippen LogP contribution in [0.2, 0.25) is 0 Å². The van der Waals surface area contributed by atoms with E-state index in [0.717, 1.165) is 11.8 Å². The van der Waals surface area contributed by atoms with E-state index in [9.17, 15) is 17.6 Å². The fraction of sp³-hybridized carbons (Fsp3) is 0.250. The molecule has 2 N–H and O–H groups in total. The molecule has 10 heteroatoms. The molecule has 1 aliphatic rings. The van der Waals surface area contributed by atoms with Gasteiger partial charge in [0.25, 0.3) is 5.91 Å². The van der Waals surface area contributed by atoms with E-state index in [2.05, 4.69) is 15.9 Å². The van der Waals surface area contributed by atoms with Gasteiger partial charge in [0.1, 0.15) is 17.2 Å². The van der Waals surface area contributed by atoms with Gasteiger partial charge in [0.05, 0.1) is 36.8 Å². The van der Waals surface area contributed by atoms with Gasteiger partial charge in [-0.1, -0.05) is 12.1 Å². The third-order valence-electron chi connectivity index (χ3n) is 4.80. The van der Waals surface area contributed by atoms with Crippen molar-refractivity contribution in [1.29, 1.82) is 0 Å². The molecule has 0 spiro atoms. The van der Waals surface area contributed by atoms with Crippen LogP contribution in [0.15, 0.2) is 45.3 Å². The minimum absolute atomic E-state index is 0.158. The maximum absolute atomic E-state index is 13.2. The quantitative estimate of drug-likeness (QED) is 0.505. The van der Waals surface area contributed by atoms with E-state index >= 15 is 0 Å². The normalized spacial score (nSPS) is 16.0. The van der Waals surface area contributed by atoms with E-state index in [1.807, 2.05) is 0 Å².